The molecule has 0 atom stereocenters. The lowest BCUT2D eigenvalue weighted by molar-refractivity contribution is 0.318. The van der Waals surface area contributed by atoms with E-state index in [0.717, 1.165) is 28.5 Å². The molecule has 3 nitrogen and oxygen atoms in total. The Labute approximate surface area is 113 Å². The van der Waals surface area contributed by atoms with Gasteiger partial charge in [0.1, 0.15) is 0 Å². The van der Waals surface area contributed by atoms with Crippen molar-refractivity contribution in [2.45, 2.75) is 26.7 Å². The second kappa shape index (κ2) is 5.65. The summed E-state index contributed by atoms with van der Waals surface area (Å²) >= 11 is 0. The molecule has 2 rings (SSSR count). The minimum Gasteiger partial charge on any atom is -0.411 e. The van der Waals surface area contributed by atoms with Gasteiger partial charge in [-0.3, -0.25) is 4.98 Å². The van der Waals surface area contributed by atoms with E-state index >= 15 is 0 Å². The molecule has 1 aromatic carbocycles. The molecule has 0 fully saturated rings. The summed E-state index contributed by atoms with van der Waals surface area (Å²) in [6.45, 7) is 7.88. The zero-order valence-corrected chi connectivity index (χ0v) is 11.3. The topological polar surface area (TPSA) is 45.5 Å². The number of benzene rings is 1. The number of hydrogen-bond acceptors (Lipinski definition) is 3. The number of fused-ring (bicyclic) bond motifs is 1. The molecule has 2 aromatic rings. The predicted molar refractivity (Wildman–Crippen MR) is 78.9 cm³/mol. The van der Waals surface area contributed by atoms with E-state index in [9.17, 15) is 0 Å². The molecule has 0 aliphatic carbocycles. The Balaban J connectivity index is 2.47. The largest absolute Gasteiger partial charge is 0.411 e. The van der Waals surface area contributed by atoms with E-state index in [-0.39, 0.29) is 0 Å². The highest BCUT2D eigenvalue weighted by molar-refractivity contribution is 6.03. The van der Waals surface area contributed by atoms with Crippen molar-refractivity contribution in [2.24, 2.45) is 5.16 Å². The molecule has 0 aliphatic rings. The Morgan fingerprint density at radius 1 is 1.37 bits per heavy atom. The van der Waals surface area contributed by atoms with Crippen LogP contribution in [0.15, 0.2) is 47.8 Å². The zero-order valence-electron chi connectivity index (χ0n) is 11.3. The van der Waals surface area contributed by atoms with Crippen LogP contribution in [0.25, 0.3) is 10.9 Å². The van der Waals surface area contributed by atoms with Crippen LogP contribution in [-0.4, -0.2) is 15.9 Å². The Morgan fingerprint density at radius 2 is 2.16 bits per heavy atom. The fourth-order valence-electron chi connectivity index (χ4n) is 2.03. The molecule has 0 saturated carbocycles. The molecule has 0 unspecified atom stereocenters. The standard InChI is InChI=1S/C16H18N2O/c1-4-12-8-14-9-13(5-6-15(14)17-10-12)16(18-19)7-11(2)3/h5-6,8-10,19H,2,4,7H2,1,3H3/b18-16+. The van der Waals surface area contributed by atoms with Crippen molar-refractivity contribution >= 4 is 16.6 Å². The Morgan fingerprint density at radius 3 is 2.79 bits per heavy atom. The average molecular weight is 254 g/mol. The number of aryl methyl sites for hydroxylation is 1. The molecular formula is C16H18N2O. The number of rotatable bonds is 4. The maximum atomic E-state index is 9.13. The second-order valence-electron chi connectivity index (χ2n) is 4.79. The third-order valence-corrected chi connectivity index (χ3v) is 3.07. The van der Waals surface area contributed by atoms with Crippen LogP contribution in [0.2, 0.25) is 0 Å². The van der Waals surface area contributed by atoms with Crippen LogP contribution in [-0.2, 0) is 6.42 Å². The minimum atomic E-state index is 0.572. The monoisotopic (exact) mass is 254 g/mol. The molecule has 0 saturated heterocycles. The van der Waals surface area contributed by atoms with Gasteiger partial charge in [-0.05, 0) is 37.1 Å². The maximum absolute atomic E-state index is 9.13. The quantitative estimate of drug-likeness (QED) is 0.389. The van der Waals surface area contributed by atoms with Gasteiger partial charge in [0.15, 0.2) is 0 Å². The Bertz CT molecular complexity index is 644. The van der Waals surface area contributed by atoms with Crippen molar-refractivity contribution < 1.29 is 5.21 Å². The predicted octanol–water partition coefficient (Wildman–Crippen LogP) is 3.94. The second-order valence-corrected chi connectivity index (χ2v) is 4.79. The Hall–Kier alpha value is -2.16. The van der Waals surface area contributed by atoms with Crippen molar-refractivity contribution in [2.75, 3.05) is 0 Å². The van der Waals surface area contributed by atoms with Crippen LogP contribution < -0.4 is 0 Å². The van der Waals surface area contributed by atoms with Gasteiger partial charge in [-0.2, -0.15) is 0 Å². The van der Waals surface area contributed by atoms with Gasteiger partial charge in [-0.15, -0.1) is 0 Å². The van der Waals surface area contributed by atoms with Crippen molar-refractivity contribution in [1.82, 2.24) is 4.98 Å². The van der Waals surface area contributed by atoms with E-state index in [2.05, 4.69) is 29.7 Å². The first-order valence-corrected chi connectivity index (χ1v) is 6.38. The lowest BCUT2D eigenvalue weighted by Gasteiger charge is -2.07. The summed E-state index contributed by atoms with van der Waals surface area (Å²) in [5.41, 5.74) is 4.67. The molecule has 1 heterocycles. The SMILES string of the molecule is C=C(C)C/C(=N\O)c1ccc2ncc(CC)cc2c1. The van der Waals surface area contributed by atoms with Gasteiger partial charge in [0.2, 0.25) is 0 Å². The number of oxime groups is 1. The van der Waals surface area contributed by atoms with Crippen LogP contribution in [0.4, 0.5) is 0 Å². The summed E-state index contributed by atoms with van der Waals surface area (Å²) in [4.78, 5) is 4.42. The van der Waals surface area contributed by atoms with Gasteiger partial charge in [0.05, 0.1) is 11.2 Å². The van der Waals surface area contributed by atoms with E-state index in [0.29, 0.717) is 12.1 Å². The molecular weight excluding hydrogens is 236 g/mol. The third-order valence-electron chi connectivity index (χ3n) is 3.07. The molecule has 19 heavy (non-hydrogen) atoms. The molecule has 0 amide bonds. The van der Waals surface area contributed by atoms with Gasteiger partial charge in [-0.25, -0.2) is 0 Å². The highest BCUT2D eigenvalue weighted by atomic mass is 16.4. The fraction of sp³-hybridized carbons (Fsp3) is 0.250. The van der Waals surface area contributed by atoms with Gasteiger partial charge in [0, 0.05) is 23.6 Å². The summed E-state index contributed by atoms with van der Waals surface area (Å²) in [5.74, 6) is 0. The molecule has 0 aliphatic heterocycles. The van der Waals surface area contributed by atoms with Crippen LogP contribution in [0.3, 0.4) is 0 Å². The van der Waals surface area contributed by atoms with Crippen LogP contribution >= 0.6 is 0 Å². The van der Waals surface area contributed by atoms with Crippen molar-refractivity contribution in [3.63, 3.8) is 0 Å². The van der Waals surface area contributed by atoms with Crippen molar-refractivity contribution in [1.29, 1.82) is 0 Å². The lowest BCUT2D eigenvalue weighted by atomic mass is 10.0. The normalized spacial score (nSPS) is 11.8. The number of allylic oxidation sites excluding steroid dienone is 1. The van der Waals surface area contributed by atoms with Crippen LogP contribution in [0, 0.1) is 0 Å². The van der Waals surface area contributed by atoms with E-state index in [1.807, 2.05) is 31.3 Å². The fourth-order valence-corrected chi connectivity index (χ4v) is 2.03. The zero-order chi connectivity index (χ0) is 13.8. The van der Waals surface area contributed by atoms with E-state index in [1.165, 1.54) is 5.56 Å². The van der Waals surface area contributed by atoms with Gasteiger partial charge < -0.3 is 5.21 Å². The maximum Gasteiger partial charge on any atom is 0.0908 e. The highest BCUT2D eigenvalue weighted by Gasteiger charge is 2.06. The minimum absolute atomic E-state index is 0.572. The first kappa shape index (κ1) is 13.3. The Kier molecular flexibility index (Phi) is 3.95. The number of aromatic nitrogens is 1. The smallest absolute Gasteiger partial charge is 0.0908 e. The van der Waals surface area contributed by atoms with E-state index in [4.69, 9.17) is 5.21 Å². The average Bonchev–Trinajstić information content (AvgIpc) is 2.43. The molecule has 98 valence electrons. The molecule has 1 N–H and O–H groups in total. The molecule has 0 radical (unpaired) electrons. The number of nitrogens with zero attached hydrogens (tertiary/aromatic N) is 2. The molecule has 0 spiro atoms. The number of hydrogen-bond donors (Lipinski definition) is 1. The van der Waals surface area contributed by atoms with Crippen LogP contribution in [0.1, 0.15) is 31.4 Å². The first-order valence-electron chi connectivity index (χ1n) is 6.38. The van der Waals surface area contributed by atoms with Gasteiger partial charge >= 0.3 is 0 Å². The van der Waals surface area contributed by atoms with Gasteiger partial charge in [-0.1, -0.05) is 30.3 Å². The molecule has 1 aromatic heterocycles. The molecule has 0 bridgehead atoms. The summed E-state index contributed by atoms with van der Waals surface area (Å²) in [6.07, 6.45) is 3.43. The van der Waals surface area contributed by atoms with E-state index in [1.54, 1.807) is 0 Å². The first-order chi connectivity index (χ1) is 9.13. The third kappa shape index (κ3) is 2.99. The summed E-state index contributed by atoms with van der Waals surface area (Å²) < 4.78 is 0. The van der Waals surface area contributed by atoms with E-state index < -0.39 is 0 Å². The van der Waals surface area contributed by atoms with Crippen molar-refractivity contribution in [3.05, 3.63) is 53.7 Å². The summed E-state index contributed by atoms with van der Waals surface area (Å²) in [7, 11) is 0. The summed E-state index contributed by atoms with van der Waals surface area (Å²) in [6, 6.07) is 8.02. The lowest BCUT2D eigenvalue weighted by Crippen LogP contribution is -2.01. The number of pyridine rings is 1. The van der Waals surface area contributed by atoms with Crippen molar-refractivity contribution in [3.8, 4) is 0 Å². The van der Waals surface area contributed by atoms with Crippen LogP contribution in [0.5, 0.6) is 0 Å². The highest BCUT2D eigenvalue weighted by Crippen LogP contribution is 2.18. The molecule has 3 heteroatoms. The van der Waals surface area contributed by atoms with Gasteiger partial charge in [0.25, 0.3) is 0 Å². The summed E-state index contributed by atoms with van der Waals surface area (Å²) in [5, 5.41) is 13.6.